The Morgan fingerprint density at radius 1 is 1.57 bits per heavy atom. The van der Waals surface area contributed by atoms with E-state index in [1.165, 1.54) is 19.9 Å². The molecule has 0 atom stereocenters. The summed E-state index contributed by atoms with van der Waals surface area (Å²) in [5, 5.41) is 1.54. The van der Waals surface area contributed by atoms with Crippen molar-refractivity contribution in [3.05, 3.63) is 11.6 Å². The first-order valence-corrected chi connectivity index (χ1v) is 3.57. The molecule has 0 aromatic heterocycles. The second-order valence-electron chi connectivity index (χ2n) is 1.81. The largest absolute Gasteiger partial charge is 0.0968 e. The van der Waals surface area contributed by atoms with Gasteiger partial charge in [0.1, 0.15) is 0 Å². The maximum atomic E-state index is 2.29. The Kier molecular flexibility index (Phi) is 1.30. The highest BCUT2D eigenvalue weighted by molar-refractivity contribution is 7.42. The highest BCUT2D eigenvalue weighted by Gasteiger charge is 1.96. The zero-order valence-corrected chi connectivity index (χ0v) is 5.63. The Morgan fingerprint density at radius 2 is 2.29 bits per heavy atom. The van der Waals surface area contributed by atoms with Crippen molar-refractivity contribution in [3.8, 4) is 0 Å². The van der Waals surface area contributed by atoms with Gasteiger partial charge in [0, 0.05) is 6.16 Å². The molecule has 0 aromatic carbocycles. The van der Waals surface area contributed by atoms with Crippen LogP contribution in [0.4, 0.5) is 0 Å². The lowest BCUT2D eigenvalue weighted by molar-refractivity contribution is 1.56. The minimum absolute atomic E-state index is 1.25. The molecule has 0 N–H and O–H groups in total. The molecule has 0 aromatic rings. The highest BCUT2D eigenvalue weighted by Crippen LogP contribution is 2.15. The van der Waals surface area contributed by atoms with Crippen LogP contribution in [0.25, 0.3) is 0 Å². The summed E-state index contributed by atoms with van der Waals surface area (Å²) in [7, 11) is 1.51. The lowest BCUT2D eigenvalue weighted by Crippen LogP contribution is -1.81. The molecule has 0 saturated carbocycles. The van der Waals surface area contributed by atoms with Gasteiger partial charge in [-0.3, -0.25) is 0 Å². The van der Waals surface area contributed by atoms with Gasteiger partial charge in [0.25, 0.3) is 0 Å². The van der Waals surface area contributed by atoms with Gasteiger partial charge in [-0.05, 0) is 24.7 Å². The molecule has 0 amide bonds. The van der Waals surface area contributed by atoms with Crippen LogP contribution in [0.15, 0.2) is 11.6 Å². The zero-order chi connectivity index (χ0) is 5.28. The molecule has 0 fully saturated rings. The van der Waals surface area contributed by atoms with E-state index in [-0.39, 0.29) is 0 Å². The molecule has 0 bridgehead atoms. The standard InChI is InChI=1S/C6H9P/c1-5-3-4-7-6(5)2/h3H,4H2,1-2H3. The summed E-state index contributed by atoms with van der Waals surface area (Å²) in [6.07, 6.45) is 3.54. The predicted octanol–water partition coefficient (Wildman–Crippen LogP) is 2.08. The first-order valence-electron chi connectivity index (χ1n) is 2.49. The van der Waals surface area contributed by atoms with Crippen LogP contribution in [-0.4, -0.2) is 11.5 Å². The molecule has 7 heavy (non-hydrogen) atoms. The van der Waals surface area contributed by atoms with Gasteiger partial charge in [-0.1, -0.05) is 14.3 Å². The third kappa shape index (κ3) is 0.920. The maximum Gasteiger partial charge on any atom is 0.00826 e. The van der Waals surface area contributed by atoms with Gasteiger partial charge in [-0.2, -0.15) is 0 Å². The van der Waals surface area contributed by atoms with Gasteiger partial charge in [-0.25, -0.2) is 0 Å². The van der Waals surface area contributed by atoms with Gasteiger partial charge in [0.05, 0.1) is 0 Å². The second-order valence-corrected chi connectivity index (χ2v) is 3.17. The third-order valence-corrected chi connectivity index (χ3v) is 2.49. The normalized spacial score (nSPS) is 21.4. The van der Waals surface area contributed by atoms with Crippen LogP contribution < -0.4 is 0 Å². The van der Waals surface area contributed by atoms with E-state index in [2.05, 4.69) is 19.9 Å². The van der Waals surface area contributed by atoms with Gasteiger partial charge >= 0.3 is 0 Å². The maximum absolute atomic E-state index is 2.29. The number of hydrogen-bond donors (Lipinski definition) is 0. The van der Waals surface area contributed by atoms with Gasteiger partial charge < -0.3 is 0 Å². The van der Waals surface area contributed by atoms with Crippen molar-refractivity contribution in [1.82, 2.24) is 0 Å². The molecular formula is C6H9P. The molecule has 0 nitrogen and oxygen atoms in total. The van der Waals surface area contributed by atoms with E-state index in [1.807, 2.05) is 0 Å². The van der Waals surface area contributed by atoms with E-state index in [0.29, 0.717) is 0 Å². The van der Waals surface area contributed by atoms with Crippen LogP contribution in [0, 0.1) is 0 Å². The van der Waals surface area contributed by atoms with Crippen LogP contribution >= 0.6 is 8.20 Å². The Morgan fingerprint density at radius 3 is 2.43 bits per heavy atom. The molecule has 0 radical (unpaired) electrons. The fourth-order valence-electron chi connectivity index (χ4n) is 0.592. The third-order valence-electron chi connectivity index (χ3n) is 1.30. The average Bonchev–Trinajstić information content (AvgIpc) is 1.91. The Hall–Kier alpha value is -0.0900. The minimum atomic E-state index is 1.25. The summed E-state index contributed by atoms with van der Waals surface area (Å²) in [5.41, 5.74) is 1.49. The predicted molar refractivity (Wildman–Crippen MR) is 36.2 cm³/mol. The molecule has 1 aliphatic rings. The van der Waals surface area contributed by atoms with Crippen LogP contribution in [0.3, 0.4) is 0 Å². The van der Waals surface area contributed by atoms with Gasteiger partial charge in [0.2, 0.25) is 0 Å². The topological polar surface area (TPSA) is 0 Å². The van der Waals surface area contributed by atoms with E-state index in [1.54, 1.807) is 5.29 Å². The molecule has 0 unspecified atom stereocenters. The molecule has 0 aliphatic carbocycles. The Labute approximate surface area is 46.0 Å². The summed E-state index contributed by atoms with van der Waals surface area (Å²) in [5.74, 6) is 0. The molecule has 38 valence electrons. The summed E-state index contributed by atoms with van der Waals surface area (Å²) in [6.45, 7) is 4.37. The average molecular weight is 112 g/mol. The molecule has 1 heteroatoms. The van der Waals surface area contributed by atoms with E-state index in [0.717, 1.165) is 0 Å². The molecule has 0 saturated heterocycles. The fraction of sp³-hybridized carbons (Fsp3) is 0.500. The number of allylic oxidation sites excluding steroid dienone is 2. The quantitative estimate of drug-likeness (QED) is 0.421. The first kappa shape index (κ1) is 5.05. The summed E-state index contributed by atoms with van der Waals surface area (Å²) in [6, 6.07) is 0. The molecule has 1 heterocycles. The lowest BCUT2D eigenvalue weighted by atomic mass is 10.2. The van der Waals surface area contributed by atoms with Crippen LogP contribution in [0.2, 0.25) is 0 Å². The number of rotatable bonds is 0. The summed E-state index contributed by atoms with van der Waals surface area (Å²) in [4.78, 5) is 0. The van der Waals surface area contributed by atoms with Crippen LogP contribution in [0.5, 0.6) is 0 Å². The summed E-state index contributed by atoms with van der Waals surface area (Å²) < 4.78 is 0. The Balaban J connectivity index is 2.78. The first-order chi connectivity index (χ1) is 3.30. The highest BCUT2D eigenvalue weighted by atomic mass is 31.1. The van der Waals surface area contributed by atoms with Crippen molar-refractivity contribution < 1.29 is 0 Å². The Bertz CT molecular complexity index is 115. The van der Waals surface area contributed by atoms with E-state index in [4.69, 9.17) is 0 Å². The van der Waals surface area contributed by atoms with Gasteiger partial charge in [0.15, 0.2) is 0 Å². The van der Waals surface area contributed by atoms with Crippen molar-refractivity contribution in [2.24, 2.45) is 0 Å². The van der Waals surface area contributed by atoms with Crippen LogP contribution in [0.1, 0.15) is 13.8 Å². The lowest BCUT2D eigenvalue weighted by Gasteiger charge is -1.86. The van der Waals surface area contributed by atoms with E-state index >= 15 is 0 Å². The van der Waals surface area contributed by atoms with Crippen molar-refractivity contribution in [2.75, 3.05) is 6.16 Å². The second kappa shape index (κ2) is 1.79. The van der Waals surface area contributed by atoms with Gasteiger partial charge in [-0.15, -0.1) is 0 Å². The fourth-order valence-corrected chi connectivity index (χ4v) is 1.57. The van der Waals surface area contributed by atoms with E-state index in [9.17, 15) is 0 Å². The van der Waals surface area contributed by atoms with Crippen LogP contribution in [-0.2, 0) is 0 Å². The summed E-state index contributed by atoms with van der Waals surface area (Å²) >= 11 is 0. The number of hydrogen-bond acceptors (Lipinski definition) is 0. The monoisotopic (exact) mass is 112 g/mol. The van der Waals surface area contributed by atoms with Crippen molar-refractivity contribution in [1.29, 1.82) is 0 Å². The zero-order valence-electron chi connectivity index (χ0n) is 4.73. The van der Waals surface area contributed by atoms with Crippen molar-refractivity contribution in [2.45, 2.75) is 13.8 Å². The molecule has 1 aliphatic heterocycles. The van der Waals surface area contributed by atoms with Crippen molar-refractivity contribution >= 4 is 13.5 Å². The minimum Gasteiger partial charge on any atom is -0.0968 e. The smallest absolute Gasteiger partial charge is 0.00826 e. The molecule has 1 rings (SSSR count). The SMILES string of the molecule is CC1=CCP=C1C. The van der Waals surface area contributed by atoms with Crippen molar-refractivity contribution in [3.63, 3.8) is 0 Å². The molecule has 0 spiro atoms. The van der Waals surface area contributed by atoms with E-state index < -0.39 is 0 Å². The molecular weight excluding hydrogens is 103 g/mol.